The van der Waals surface area contributed by atoms with E-state index in [0.29, 0.717) is 23.8 Å². The summed E-state index contributed by atoms with van der Waals surface area (Å²) in [4.78, 5) is 8.68. The van der Waals surface area contributed by atoms with Crippen molar-refractivity contribution < 1.29 is 9.30 Å². The molecule has 0 amide bonds. The van der Waals surface area contributed by atoms with E-state index in [2.05, 4.69) is 26.8 Å². The van der Waals surface area contributed by atoms with Crippen LogP contribution in [0.15, 0.2) is 64.7 Å². The second-order valence-corrected chi connectivity index (χ2v) is 9.93. The summed E-state index contributed by atoms with van der Waals surface area (Å²) >= 11 is 0. The van der Waals surface area contributed by atoms with Crippen LogP contribution in [-0.2, 0) is 4.57 Å². The summed E-state index contributed by atoms with van der Waals surface area (Å²) in [6, 6.07) is 13.2. The van der Waals surface area contributed by atoms with Gasteiger partial charge in [-0.05, 0) is 37.6 Å². The fourth-order valence-electron chi connectivity index (χ4n) is 2.86. The number of hydrogen-bond donors (Lipinski definition) is 2. The molecule has 0 spiro atoms. The summed E-state index contributed by atoms with van der Waals surface area (Å²) in [5.74, 6) is 1.03. The van der Waals surface area contributed by atoms with Gasteiger partial charge < -0.3 is 14.6 Å². The zero-order chi connectivity index (χ0) is 20.9. The number of allylic oxidation sites excluding steroid dienone is 1. The van der Waals surface area contributed by atoms with Gasteiger partial charge in [0.05, 0.1) is 30.2 Å². The highest BCUT2D eigenvalue weighted by molar-refractivity contribution is 7.70. The summed E-state index contributed by atoms with van der Waals surface area (Å²) in [5.41, 5.74) is 3.14. The van der Waals surface area contributed by atoms with Gasteiger partial charge in [0, 0.05) is 11.8 Å². The predicted octanol–water partition coefficient (Wildman–Crippen LogP) is 4.11. The van der Waals surface area contributed by atoms with Gasteiger partial charge in [0.1, 0.15) is 25.3 Å². The van der Waals surface area contributed by atoms with E-state index in [-0.39, 0.29) is 0 Å². The van der Waals surface area contributed by atoms with Crippen LogP contribution in [0.4, 0.5) is 11.4 Å². The van der Waals surface area contributed by atoms with Crippen LogP contribution < -0.4 is 20.7 Å². The van der Waals surface area contributed by atoms with E-state index in [4.69, 9.17) is 11.3 Å². The van der Waals surface area contributed by atoms with Gasteiger partial charge in [-0.25, -0.2) is 0 Å². The molecule has 0 radical (unpaired) electrons. The molecule has 0 fully saturated rings. The maximum absolute atomic E-state index is 12.6. The second kappa shape index (κ2) is 8.81. The topological polar surface area (TPSA) is 75.1 Å². The summed E-state index contributed by atoms with van der Waals surface area (Å²) in [5, 5.41) is 7.08. The number of ether oxygens (including phenoxy) is 1. The van der Waals surface area contributed by atoms with Crippen LogP contribution in [0.2, 0.25) is 0 Å². The number of hydrogen-bond acceptors (Lipinski definition) is 6. The lowest BCUT2D eigenvalue weighted by Gasteiger charge is -2.11. The Hall–Kier alpha value is -3.29. The molecule has 1 aliphatic heterocycles. The van der Waals surface area contributed by atoms with Crippen molar-refractivity contribution in [1.29, 1.82) is 0 Å². The van der Waals surface area contributed by atoms with Crippen LogP contribution in [0, 0.1) is 6.58 Å². The molecule has 0 saturated heterocycles. The molecule has 0 unspecified atom stereocenters. The smallest absolute Gasteiger partial charge is 0.318 e. The maximum Gasteiger partial charge on any atom is 0.318 e. The quantitative estimate of drug-likeness (QED) is 0.536. The Kier molecular flexibility index (Phi) is 6.21. The zero-order valence-electron chi connectivity index (χ0n) is 16.6. The van der Waals surface area contributed by atoms with Crippen molar-refractivity contribution in [1.82, 2.24) is 0 Å². The Labute approximate surface area is 171 Å². The number of nitrogens with one attached hydrogen (secondary N) is 2. The van der Waals surface area contributed by atoms with E-state index in [0.717, 1.165) is 22.2 Å². The molecule has 0 aliphatic carbocycles. The molecule has 146 valence electrons. The van der Waals surface area contributed by atoms with Crippen LogP contribution in [-0.4, -0.2) is 39.2 Å². The van der Waals surface area contributed by atoms with Crippen molar-refractivity contribution >= 4 is 41.6 Å². The van der Waals surface area contributed by atoms with Gasteiger partial charge in [0.2, 0.25) is 6.58 Å². The van der Waals surface area contributed by atoms with Gasteiger partial charge in [-0.15, -0.1) is 4.99 Å². The SMILES string of the molecule is [CH+]=CCNc1ccc(NC2=NC=C(c3ccccc3P(C)(C)=O)[C+]=N2)c(OC)c1. The number of guanidine groups is 1. The third kappa shape index (κ3) is 4.96. The summed E-state index contributed by atoms with van der Waals surface area (Å²) in [6.45, 7) is 9.45. The largest absolute Gasteiger partial charge is 0.494 e. The monoisotopic (exact) mass is 406 g/mol. The Morgan fingerprint density at radius 1 is 1.24 bits per heavy atom. The number of rotatable bonds is 7. The first-order valence-corrected chi connectivity index (χ1v) is 11.6. The molecule has 1 heterocycles. The lowest BCUT2D eigenvalue weighted by Crippen LogP contribution is -2.15. The highest BCUT2D eigenvalue weighted by Gasteiger charge is 2.24. The molecule has 2 aromatic rings. The van der Waals surface area contributed by atoms with Gasteiger partial charge in [-0.1, -0.05) is 17.1 Å². The van der Waals surface area contributed by atoms with E-state index in [1.165, 1.54) is 6.08 Å². The number of benzene rings is 2. The van der Waals surface area contributed by atoms with Crippen molar-refractivity contribution in [2.24, 2.45) is 9.98 Å². The van der Waals surface area contributed by atoms with Crippen LogP contribution in [0.25, 0.3) is 5.57 Å². The van der Waals surface area contributed by atoms with Crippen molar-refractivity contribution in [3.05, 3.63) is 66.9 Å². The minimum Gasteiger partial charge on any atom is -0.494 e. The number of methoxy groups -OCH3 is 1. The molecular formula is C22H23N4O2P+2. The molecule has 0 atom stereocenters. The van der Waals surface area contributed by atoms with Crippen LogP contribution in [0.1, 0.15) is 5.56 Å². The second-order valence-electron chi connectivity index (χ2n) is 6.74. The molecule has 7 heteroatoms. The first kappa shape index (κ1) is 20.4. The molecule has 29 heavy (non-hydrogen) atoms. The predicted molar refractivity (Wildman–Crippen MR) is 122 cm³/mol. The molecule has 0 aromatic heterocycles. The molecule has 0 bridgehead atoms. The molecule has 2 N–H and O–H groups in total. The standard InChI is InChI=1S/C22H23N4O2P/c1-5-12-23-17-10-11-19(20(13-17)28-2)26-22-24-14-16(15-25-22)18-8-6-7-9-21(18)29(3,4)27/h1,5-11,13-14,23H,12H2,2-4H3,(H,24,25,26)/q+2. The van der Waals surface area contributed by atoms with Crippen molar-refractivity contribution in [2.45, 2.75) is 0 Å². The maximum atomic E-state index is 12.6. The van der Waals surface area contributed by atoms with Gasteiger partial charge >= 0.3 is 5.96 Å². The first-order valence-electron chi connectivity index (χ1n) is 9.04. The lowest BCUT2D eigenvalue weighted by atomic mass is 10.1. The van der Waals surface area contributed by atoms with Gasteiger partial charge in [0.25, 0.3) is 0 Å². The lowest BCUT2D eigenvalue weighted by molar-refractivity contribution is 0.417. The van der Waals surface area contributed by atoms with E-state index in [1.807, 2.05) is 42.5 Å². The molecule has 3 rings (SSSR count). The Morgan fingerprint density at radius 2 is 2.03 bits per heavy atom. The first-order chi connectivity index (χ1) is 13.9. The number of nitrogens with zero attached hydrogens (tertiary/aromatic N) is 2. The Balaban J connectivity index is 1.82. The van der Waals surface area contributed by atoms with Crippen LogP contribution in [0.5, 0.6) is 5.75 Å². The highest BCUT2D eigenvalue weighted by Crippen LogP contribution is 2.37. The van der Waals surface area contributed by atoms with Crippen molar-refractivity contribution in [3.63, 3.8) is 0 Å². The minimum absolute atomic E-state index is 0.386. The molecule has 0 saturated carbocycles. The summed E-state index contributed by atoms with van der Waals surface area (Å²) < 4.78 is 18.0. The fourth-order valence-corrected chi connectivity index (χ4v) is 4.08. The average molecular weight is 406 g/mol. The zero-order valence-corrected chi connectivity index (χ0v) is 17.5. The Bertz CT molecular complexity index is 1050. The summed E-state index contributed by atoms with van der Waals surface area (Å²) in [6.07, 6.45) is 6.21. The third-order valence-electron chi connectivity index (χ3n) is 4.24. The molecule has 1 aliphatic rings. The average Bonchev–Trinajstić information content (AvgIpc) is 2.73. The highest BCUT2D eigenvalue weighted by atomic mass is 31.2. The van der Waals surface area contributed by atoms with E-state index < -0.39 is 7.14 Å². The fraction of sp³-hybridized carbons (Fsp3) is 0.182. The van der Waals surface area contributed by atoms with Crippen molar-refractivity contribution in [2.75, 3.05) is 37.6 Å². The molecular weight excluding hydrogens is 383 g/mol. The minimum atomic E-state index is -2.44. The molecule has 2 aromatic carbocycles. The van der Waals surface area contributed by atoms with E-state index >= 15 is 0 Å². The van der Waals surface area contributed by atoms with Crippen LogP contribution in [0.3, 0.4) is 0 Å². The van der Waals surface area contributed by atoms with E-state index in [9.17, 15) is 4.57 Å². The van der Waals surface area contributed by atoms with Gasteiger partial charge in [0.15, 0.2) is 11.6 Å². The third-order valence-corrected chi connectivity index (χ3v) is 5.79. The number of anilines is 2. The number of aliphatic imine (C=N–C) groups is 2. The normalized spacial score (nSPS) is 13.0. The van der Waals surface area contributed by atoms with Gasteiger partial charge in [-0.2, -0.15) is 0 Å². The van der Waals surface area contributed by atoms with E-state index in [1.54, 1.807) is 26.6 Å². The Morgan fingerprint density at radius 3 is 2.69 bits per heavy atom. The summed E-state index contributed by atoms with van der Waals surface area (Å²) in [7, 11) is -0.838. The van der Waals surface area contributed by atoms with Crippen molar-refractivity contribution in [3.8, 4) is 5.75 Å². The molecule has 6 nitrogen and oxygen atoms in total. The van der Waals surface area contributed by atoms with Gasteiger partial charge in [-0.3, -0.25) is 5.32 Å². The van der Waals surface area contributed by atoms with Crippen LogP contribution >= 0.6 is 7.14 Å².